The van der Waals surface area contributed by atoms with Crippen LogP contribution in [-0.4, -0.2) is 58.6 Å². The molecule has 2 aromatic rings. The Balaban J connectivity index is 1.16. The van der Waals surface area contributed by atoms with Gasteiger partial charge in [-0.05, 0) is 43.9 Å². The highest BCUT2D eigenvalue weighted by molar-refractivity contribution is 6.66. The Morgan fingerprint density at radius 2 is 1.81 bits per heavy atom. The fourth-order valence-electron chi connectivity index (χ4n) is 4.50. The number of nitrogens with zero attached hydrogens (tertiary/aromatic N) is 3. The third-order valence-electron chi connectivity index (χ3n) is 6.40. The molecule has 2 N–H and O–H groups in total. The van der Waals surface area contributed by atoms with E-state index in [0.29, 0.717) is 25.0 Å². The van der Waals surface area contributed by atoms with Gasteiger partial charge in [0.1, 0.15) is 0 Å². The topological polar surface area (TPSA) is 100 Å². The van der Waals surface area contributed by atoms with Crippen molar-refractivity contribution in [1.29, 1.82) is 0 Å². The molecule has 0 unspecified atom stereocenters. The summed E-state index contributed by atoms with van der Waals surface area (Å²) in [6.07, 6.45) is -0.978. The van der Waals surface area contributed by atoms with E-state index in [1.165, 1.54) is 6.07 Å². The van der Waals surface area contributed by atoms with Crippen molar-refractivity contribution >= 4 is 46.6 Å². The minimum absolute atomic E-state index is 0.0445. The van der Waals surface area contributed by atoms with Crippen molar-refractivity contribution in [2.24, 2.45) is 0 Å². The predicted molar refractivity (Wildman–Crippen MR) is 126 cm³/mol. The maximum atomic E-state index is 12.8. The number of benzene rings is 1. The van der Waals surface area contributed by atoms with E-state index in [1.807, 2.05) is 0 Å². The van der Waals surface area contributed by atoms with E-state index in [4.69, 9.17) is 39.3 Å². The first-order chi connectivity index (χ1) is 16.9. The van der Waals surface area contributed by atoms with Gasteiger partial charge >= 0.3 is 6.18 Å². The first kappa shape index (κ1) is 27.0. The van der Waals surface area contributed by atoms with Gasteiger partial charge in [0.2, 0.25) is 5.91 Å². The summed E-state index contributed by atoms with van der Waals surface area (Å²) in [5.41, 5.74) is -1.08. The Morgan fingerprint density at radius 1 is 1.11 bits per heavy atom. The van der Waals surface area contributed by atoms with Crippen LogP contribution in [0.2, 0.25) is 0 Å². The predicted octanol–water partition coefficient (Wildman–Crippen LogP) is 4.17. The van der Waals surface area contributed by atoms with Crippen LogP contribution in [0, 0.1) is 0 Å². The molecule has 36 heavy (non-hydrogen) atoms. The van der Waals surface area contributed by atoms with Crippen molar-refractivity contribution in [1.82, 2.24) is 25.7 Å². The van der Waals surface area contributed by atoms with Crippen molar-refractivity contribution in [3.8, 4) is 0 Å². The summed E-state index contributed by atoms with van der Waals surface area (Å²) in [7, 11) is 0. The van der Waals surface area contributed by atoms with Crippen LogP contribution in [0.4, 0.5) is 13.2 Å². The zero-order valence-corrected chi connectivity index (χ0v) is 21.1. The maximum Gasteiger partial charge on any atom is 0.416 e. The molecule has 2 aliphatic rings. The summed E-state index contributed by atoms with van der Waals surface area (Å²) in [4.78, 5) is 30.8. The monoisotopic (exact) mass is 567 g/mol. The lowest BCUT2D eigenvalue weighted by Crippen LogP contribution is -2.63. The van der Waals surface area contributed by atoms with Gasteiger partial charge in [0.05, 0.1) is 18.2 Å². The number of carbonyl (C=O) groups is 2. The van der Waals surface area contributed by atoms with Crippen LogP contribution in [0.25, 0.3) is 0 Å². The number of amides is 2. The first-order valence-electron chi connectivity index (χ1n) is 11.3. The minimum Gasteiger partial charge on any atom is -0.349 e. The lowest BCUT2D eigenvalue weighted by Gasteiger charge is -2.46. The van der Waals surface area contributed by atoms with Crippen LogP contribution in [0.1, 0.15) is 59.2 Å². The molecule has 1 aliphatic heterocycles. The molecule has 0 spiro atoms. The molecule has 2 fully saturated rings. The summed E-state index contributed by atoms with van der Waals surface area (Å²) in [6.45, 7) is 1.04. The van der Waals surface area contributed by atoms with Crippen LogP contribution in [0.5, 0.6) is 0 Å². The van der Waals surface area contributed by atoms with E-state index in [0.717, 1.165) is 43.9 Å². The molecular weight excluding hydrogens is 546 g/mol. The Hall–Kier alpha value is -2.08. The van der Waals surface area contributed by atoms with E-state index >= 15 is 0 Å². The number of alkyl halides is 6. The number of nitrogens with one attached hydrogen (secondary N) is 2. The summed E-state index contributed by atoms with van der Waals surface area (Å²) in [6, 6.07) is 4.37. The van der Waals surface area contributed by atoms with E-state index in [1.54, 1.807) is 0 Å². The second-order valence-electron chi connectivity index (χ2n) is 8.94. The highest BCUT2D eigenvalue weighted by atomic mass is 35.6. The van der Waals surface area contributed by atoms with Crippen molar-refractivity contribution in [2.45, 2.75) is 53.7 Å². The zero-order valence-electron chi connectivity index (χ0n) is 18.8. The Morgan fingerprint density at radius 3 is 2.42 bits per heavy atom. The molecule has 1 aromatic heterocycles. The normalized spacial score (nSPS) is 21.6. The van der Waals surface area contributed by atoms with Crippen LogP contribution in [-0.2, 0) is 14.8 Å². The number of rotatable bonds is 6. The minimum atomic E-state index is -4.55. The SMILES string of the molecule is O=C(CNC(=O)c1cccc(C(F)(F)F)c1)NC1CN([C@H]2CC[C@@H](c3noc(C(Cl)(Cl)Cl)n3)CC2)C1. The van der Waals surface area contributed by atoms with Crippen molar-refractivity contribution < 1.29 is 27.3 Å². The number of halogens is 6. The van der Waals surface area contributed by atoms with E-state index in [9.17, 15) is 22.8 Å². The molecule has 8 nitrogen and oxygen atoms in total. The standard InChI is InChI=1S/C22H23Cl3F3N5O3/c23-21(24,25)20-31-18(32-36-20)12-4-6-16(7-5-12)33-10-15(11-33)30-17(34)9-29-19(35)13-2-1-3-14(8-13)22(26,27)28/h1-3,8,12,15-16H,4-7,9-11H2,(H,29,35)(H,30,34)/t12-,16+. The highest BCUT2D eigenvalue weighted by Gasteiger charge is 2.37. The first-order valence-corrected chi connectivity index (χ1v) is 12.4. The van der Waals surface area contributed by atoms with Crippen molar-refractivity contribution in [3.05, 3.63) is 47.1 Å². The largest absolute Gasteiger partial charge is 0.416 e. The third-order valence-corrected chi connectivity index (χ3v) is 6.88. The average molecular weight is 569 g/mol. The quantitative estimate of drug-likeness (QED) is 0.508. The van der Waals surface area contributed by atoms with E-state index in [-0.39, 0.29) is 30.0 Å². The molecule has 1 aromatic carbocycles. The van der Waals surface area contributed by atoms with Gasteiger partial charge in [0.15, 0.2) is 5.82 Å². The highest BCUT2D eigenvalue weighted by Crippen LogP contribution is 2.39. The number of aromatic nitrogens is 2. The van der Waals surface area contributed by atoms with Gasteiger partial charge in [-0.3, -0.25) is 14.5 Å². The van der Waals surface area contributed by atoms with Gasteiger partial charge in [0.25, 0.3) is 15.6 Å². The smallest absolute Gasteiger partial charge is 0.349 e. The maximum absolute atomic E-state index is 12.8. The Bertz CT molecular complexity index is 1090. The number of carbonyl (C=O) groups excluding carboxylic acids is 2. The van der Waals surface area contributed by atoms with Crippen LogP contribution < -0.4 is 10.6 Å². The van der Waals surface area contributed by atoms with Gasteiger partial charge in [-0.2, -0.15) is 18.2 Å². The molecule has 1 aliphatic carbocycles. The molecule has 14 heteroatoms. The van der Waals surface area contributed by atoms with E-state index < -0.39 is 27.3 Å². The second kappa shape index (κ2) is 10.7. The molecule has 0 atom stereocenters. The van der Waals surface area contributed by atoms with Crippen molar-refractivity contribution in [2.75, 3.05) is 19.6 Å². The number of likely N-dealkylation sites (tertiary alicyclic amines) is 1. The zero-order chi connectivity index (χ0) is 26.1. The number of hydrogen-bond donors (Lipinski definition) is 2. The van der Waals surface area contributed by atoms with Crippen LogP contribution in [0.15, 0.2) is 28.8 Å². The molecule has 4 rings (SSSR count). The van der Waals surface area contributed by atoms with Gasteiger partial charge in [0, 0.05) is 30.6 Å². The molecule has 196 valence electrons. The third kappa shape index (κ3) is 6.62. The molecule has 0 bridgehead atoms. The summed E-state index contributed by atoms with van der Waals surface area (Å²) < 4.78 is 41.7. The summed E-state index contributed by atoms with van der Waals surface area (Å²) in [5, 5.41) is 9.13. The van der Waals surface area contributed by atoms with E-state index in [2.05, 4.69) is 25.7 Å². The van der Waals surface area contributed by atoms with Gasteiger partial charge in [-0.25, -0.2) is 0 Å². The molecule has 1 saturated carbocycles. The fraction of sp³-hybridized carbons (Fsp3) is 0.545. The lowest BCUT2D eigenvalue weighted by atomic mass is 9.83. The summed E-state index contributed by atoms with van der Waals surface area (Å²) >= 11 is 17.3. The molecule has 0 radical (unpaired) electrons. The van der Waals surface area contributed by atoms with Gasteiger partial charge < -0.3 is 15.2 Å². The summed E-state index contributed by atoms with van der Waals surface area (Å²) in [5.74, 6) is -0.521. The molecular formula is C22H23Cl3F3N5O3. The Kier molecular flexibility index (Phi) is 8.04. The van der Waals surface area contributed by atoms with Gasteiger partial charge in [-0.15, -0.1) is 0 Å². The van der Waals surface area contributed by atoms with Gasteiger partial charge in [-0.1, -0.05) is 46.0 Å². The second-order valence-corrected chi connectivity index (χ2v) is 11.2. The average Bonchev–Trinajstić information content (AvgIpc) is 3.30. The molecule has 1 saturated heterocycles. The molecule has 2 amide bonds. The van der Waals surface area contributed by atoms with Crippen LogP contribution in [0.3, 0.4) is 0 Å². The lowest BCUT2D eigenvalue weighted by molar-refractivity contribution is -0.137. The van der Waals surface area contributed by atoms with Crippen LogP contribution >= 0.6 is 34.8 Å². The number of hydrogen-bond acceptors (Lipinski definition) is 6. The Labute approximate surface area is 219 Å². The van der Waals surface area contributed by atoms with Crippen molar-refractivity contribution in [3.63, 3.8) is 0 Å². The molecule has 2 heterocycles. The fourth-order valence-corrected chi connectivity index (χ4v) is 4.73.